The maximum absolute atomic E-state index is 11.5. The van der Waals surface area contributed by atoms with Crippen LogP contribution in [0.4, 0.5) is 0 Å². The Balaban J connectivity index is 2.00. The summed E-state index contributed by atoms with van der Waals surface area (Å²) in [4.78, 5) is 11.5. The Labute approximate surface area is 88.4 Å². The van der Waals surface area contributed by atoms with Gasteiger partial charge in [-0.2, -0.15) is 11.8 Å². The van der Waals surface area contributed by atoms with Crippen LogP contribution in [0.2, 0.25) is 0 Å². The van der Waals surface area contributed by atoms with E-state index < -0.39 is 0 Å². The number of hydrogen-bond donors (Lipinski definition) is 1. The second kappa shape index (κ2) is 3.75. The quantitative estimate of drug-likeness (QED) is 0.884. The molecule has 0 radical (unpaired) electrons. The predicted molar refractivity (Wildman–Crippen MR) is 55.0 cm³/mol. The highest BCUT2D eigenvalue weighted by Gasteiger charge is 2.23. The second-order valence-corrected chi connectivity index (χ2v) is 4.73. The Kier molecular flexibility index (Phi) is 2.64. The van der Waals surface area contributed by atoms with Crippen molar-refractivity contribution >= 4 is 33.6 Å². The number of carbonyl (C=O) groups is 1. The first kappa shape index (κ1) is 9.15. The first-order chi connectivity index (χ1) is 6.27. The van der Waals surface area contributed by atoms with Crippen LogP contribution >= 0.6 is 27.7 Å². The van der Waals surface area contributed by atoms with Gasteiger partial charge in [0.25, 0.3) is 5.91 Å². The van der Waals surface area contributed by atoms with Crippen LogP contribution in [0.5, 0.6) is 0 Å². The number of nitrogens with one attached hydrogen (secondary N) is 1. The van der Waals surface area contributed by atoms with E-state index >= 15 is 0 Å². The number of hydrogen-bond acceptors (Lipinski definition) is 3. The molecule has 0 bridgehead atoms. The molecular formula is C8H8BrNO2S. The van der Waals surface area contributed by atoms with Crippen LogP contribution in [-0.2, 0) is 0 Å². The predicted octanol–water partition coefficient (Wildman–Crippen LogP) is 1.89. The van der Waals surface area contributed by atoms with E-state index in [2.05, 4.69) is 21.2 Å². The molecule has 0 spiro atoms. The molecule has 3 nitrogen and oxygen atoms in total. The molecule has 2 heterocycles. The summed E-state index contributed by atoms with van der Waals surface area (Å²) < 4.78 is 5.74. The zero-order chi connectivity index (χ0) is 9.26. The van der Waals surface area contributed by atoms with Crippen molar-refractivity contribution in [3.63, 3.8) is 0 Å². The van der Waals surface area contributed by atoms with Crippen molar-refractivity contribution in [3.05, 3.63) is 22.6 Å². The minimum absolute atomic E-state index is 0.137. The van der Waals surface area contributed by atoms with E-state index in [9.17, 15) is 4.79 Å². The molecule has 1 aliphatic rings. The summed E-state index contributed by atoms with van der Waals surface area (Å²) in [5, 5.41) is 2.88. The molecule has 1 fully saturated rings. The standard InChI is InChI=1S/C8H8BrNO2S/c9-6-1-2-12-7(6)8(11)10-5-3-13-4-5/h1-2,5H,3-4H2,(H,10,11). The van der Waals surface area contributed by atoms with Crippen molar-refractivity contribution in [2.75, 3.05) is 11.5 Å². The molecule has 1 aromatic rings. The summed E-state index contributed by atoms with van der Waals surface area (Å²) in [5.74, 6) is 2.23. The fourth-order valence-electron chi connectivity index (χ4n) is 1.03. The molecule has 0 saturated carbocycles. The number of carbonyl (C=O) groups excluding carboxylic acids is 1. The molecule has 70 valence electrons. The van der Waals surface area contributed by atoms with Crippen LogP contribution in [-0.4, -0.2) is 23.5 Å². The van der Waals surface area contributed by atoms with Crippen LogP contribution in [0.3, 0.4) is 0 Å². The Morgan fingerprint density at radius 3 is 2.92 bits per heavy atom. The molecule has 0 unspecified atom stereocenters. The third-order valence-corrected chi connectivity index (χ3v) is 3.70. The van der Waals surface area contributed by atoms with E-state index in [0.29, 0.717) is 16.3 Å². The smallest absolute Gasteiger partial charge is 0.288 e. The summed E-state index contributed by atoms with van der Waals surface area (Å²) in [6.07, 6.45) is 1.49. The second-order valence-electron chi connectivity index (χ2n) is 2.81. The number of amides is 1. The zero-order valence-electron chi connectivity index (χ0n) is 6.75. The molecule has 1 saturated heterocycles. The first-order valence-corrected chi connectivity index (χ1v) is 5.84. The lowest BCUT2D eigenvalue weighted by Crippen LogP contribution is -2.43. The molecule has 0 aromatic carbocycles. The normalized spacial score (nSPS) is 16.7. The molecular weight excluding hydrogens is 254 g/mol. The third kappa shape index (κ3) is 1.91. The molecule has 0 atom stereocenters. The highest BCUT2D eigenvalue weighted by molar-refractivity contribution is 9.10. The van der Waals surface area contributed by atoms with Crippen molar-refractivity contribution in [1.82, 2.24) is 5.32 Å². The molecule has 0 aliphatic carbocycles. The van der Waals surface area contributed by atoms with Crippen molar-refractivity contribution in [3.8, 4) is 0 Å². The van der Waals surface area contributed by atoms with Gasteiger partial charge >= 0.3 is 0 Å². The Morgan fingerprint density at radius 2 is 2.46 bits per heavy atom. The van der Waals surface area contributed by atoms with Crippen LogP contribution < -0.4 is 5.32 Å². The SMILES string of the molecule is O=C(NC1CSC1)c1occc1Br. The summed E-state index contributed by atoms with van der Waals surface area (Å²) in [7, 11) is 0. The molecule has 1 N–H and O–H groups in total. The molecule has 1 amide bonds. The van der Waals surface area contributed by atoms with Crippen molar-refractivity contribution in [2.45, 2.75) is 6.04 Å². The summed E-state index contributed by atoms with van der Waals surface area (Å²) in [5.41, 5.74) is 0. The fraction of sp³-hybridized carbons (Fsp3) is 0.375. The van der Waals surface area contributed by atoms with Crippen LogP contribution in [0.25, 0.3) is 0 Å². The van der Waals surface area contributed by atoms with E-state index in [1.165, 1.54) is 6.26 Å². The topological polar surface area (TPSA) is 42.2 Å². The van der Waals surface area contributed by atoms with Crippen molar-refractivity contribution < 1.29 is 9.21 Å². The lowest BCUT2D eigenvalue weighted by Gasteiger charge is -2.25. The number of halogens is 1. The highest BCUT2D eigenvalue weighted by atomic mass is 79.9. The van der Waals surface area contributed by atoms with E-state index in [0.717, 1.165) is 11.5 Å². The molecule has 5 heteroatoms. The van der Waals surface area contributed by atoms with Gasteiger partial charge in [0.2, 0.25) is 5.76 Å². The van der Waals surface area contributed by atoms with Gasteiger partial charge in [-0.15, -0.1) is 0 Å². The Hall–Kier alpha value is -0.420. The van der Waals surface area contributed by atoms with E-state index in [-0.39, 0.29) is 5.91 Å². The maximum atomic E-state index is 11.5. The van der Waals surface area contributed by atoms with Crippen molar-refractivity contribution in [1.29, 1.82) is 0 Å². The van der Waals surface area contributed by atoms with Gasteiger partial charge in [0, 0.05) is 17.5 Å². The molecule has 1 aromatic heterocycles. The zero-order valence-corrected chi connectivity index (χ0v) is 9.15. The third-order valence-electron chi connectivity index (χ3n) is 1.80. The van der Waals surface area contributed by atoms with Gasteiger partial charge in [-0.3, -0.25) is 4.79 Å². The van der Waals surface area contributed by atoms with Gasteiger partial charge in [0.05, 0.1) is 10.7 Å². The average Bonchev–Trinajstić information content (AvgIpc) is 2.43. The lowest BCUT2D eigenvalue weighted by molar-refractivity contribution is 0.0914. The van der Waals surface area contributed by atoms with Gasteiger partial charge in [-0.1, -0.05) is 0 Å². The minimum Gasteiger partial charge on any atom is -0.458 e. The van der Waals surface area contributed by atoms with Crippen molar-refractivity contribution in [2.24, 2.45) is 0 Å². The highest BCUT2D eigenvalue weighted by Crippen LogP contribution is 2.20. The Morgan fingerprint density at radius 1 is 1.69 bits per heavy atom. The van der Waals surface area contributed by atoms with Gasteiger partial charge < -0.3 is 9.73 Å². The van der Waals surface area contributed by atoms with Gasteiger partial charge in [-0.25, -0.2) is 0 Å². The number of furan rings is 1. The number of rotatable bonds is 2. The largest absolute Gasteiger partial charge is 0.458 e. The van der Waals surface area contributed by atoms with Crippen LogP contribution in [0, 0.1) is 0 Å². The average molecular weight is 262 g/mol. The summed E-state index contributed by atoms with van der Waals surface area (Å²) in [6, 6.07) is 2.03. The molecule has 13 heavy (non-hydrogen) atoms. The van der Waals surface area contributed by atoms with Crippen LogP contribution in [0.15, 0.2) is 21.2 Å². The minimum atomic E-state index is -0.137. The summed E-state index contributed by atoms with van der Waals surface area (Å²) in [6.45, 7) is 0. The number of thioether (sulfide) groups is 1. The first-order valence-electron chi connectivity index (χ1n) is 3.89. The monoisotopic (exact) mass is 261 g/mol. The van der Waals surface area contributed by atoms with E-state index in [1.807, 2.05) is 11.8 Å². The van der Waals surface area contributed by atoms with E-state index in [1.54, 1.807) is 6.07 Å². The summed E-state index contributed by atoms with van der Waals surface area (Å²) >= 11 is 5.07. The fourth-order valence-corrected chi connectivity index (χ4v) is 2.05. The van der Waals surface area contributed by atoms with Gasteiger partial charge in [0.1, 0.15) is 0 Å². The molecule has 2 rings (SSSR count). The maximum Gasteiger partial charge on any atom is 0.288 e. The van der Waals surface area contributed by atoms with E-state index in [4.69, 9.17) is 4.42 Å². The van der Waals surface area contributed by atoms with Gasteiger partial charge in [0.15, 0.2) is 0 Å². The van der Waals surface area contributed by atoms with Crippen LogP contribution in [0.1, 0.15) is 10.6 Å². The lowest BCUT2D eigenvalue weighted by atomic mass is 10.3. The van der Waals surface area contributed by atoms with Gasteiger partial charge in [-0.05, 0) is 22.0 Å². The Bertz CT molecular complexity index is 322. The molecule has 1 aliphatic heterocycles.